The predicted molar refractivity (Wildman–Crippen MR) is 104 cm³/mol. The zero-order valence-corrected chi connectivity index (χ0v) is 16.4. The monoisotopic (exact) mass is 353 g/mol. The number of para-hydroxylation sites is 1. The molecule has 26 heavy (non-hydrogen) atoms. The molecular formula is C23H31NO2. The van der Waals surface area contributed by atoms with E-state index in [1.54, 1.807) is 0 Å². The first-order valence-corrected chi connectivity index (χ1v) is 10.2. The molecule has 0 spiro atoms. The van der Waals surface area contributed by atoms with E-state index >= 15 is 0 Å². The summed E-state index contributed by atoms with van der Waals surface area (Å²) in [6, 6.07) is 8.32. The summed E-state index contributed by atoms with van der Waals surface area (Å²) in [5.41, 5.74) is 0.611. The maximum absolute atomic E-state index is 6.66. The zero-order chi connectivity index (χ0) is 18.2. The van der Waals surface area contributed by atoms with Crippen molar-refractivity contribution in [1.29, 1.82) is 0 Å². The third-order valence-corrected chi connectivity index (χ3v) is 6.28. The van der Waals surface area contributed by atoms with Gasteiger partial charge in [-0.3, -0.25) is 4.90 Å². The Balaban J connectivity index is 1.52. The summed E-state index contributed by atoms with van der Waals surface area (Å²) in [4.78, 5) is 2.47. The van der Waals surface area contributed by atoms with E-state index < -0.39 is 0 Å². The Hall–Kier alpha value is -1.50. The molecule has 3 aliphatic rings. The van der Waals surface area contributed by atoms with Crippen LogP contribution in [0.5, 0.6) is 5.75 Å². The van der Waals surface area contributed by atoms with Crippen LogP contribution < -0.4 is 4.74 Å². The molecule has 4 rings (SSSR count). The number of likely N-dealkylation sites (tertiary alicyclic amines) is 1. The standard InChI is InChI=1S/C23H31NO2/c1-22(2)19-12-14-23(3,13-9-17-24-15-7-4-8-16-24)26-21(19)18-10-5-6-11-20(18)25-22/h5-6,10-11,19,21H,4,7-8,12,14-17H2,1-3H3/t19-,21+,23+/m1/s1. The van der Waals surface area contributed by atoms with Gasteiger partial charge in [-0.05, 0) is 65.6 Å². The molecule has 0 bridgehead atoms. The molecule has 0 unspecified atom stereocenters. The fraction of sp³-hybridized carbons (Fsp3) is 0.652. The maximum atomic E-state index is 6.66. The average Bonchev–Trinajstić information content (AvgIpc) is 2.62. The number of rotatable bonds is 1. The number of benzene rings is 1. The van der Waals surface area contributed by atoms with Gasteiger partial charge in [0.1, 0.15) is 17.0 Å². The van der Waals surface area contributed by atoms with Gasteiger partial charge < -0.3 is 9.47 Å². The molecule has 3 aliphatic heterocycles. The highest BCUT2D eigenvalue weighted by Gasteiger charge is 2.49. The van der Waals surface area contributed by atoms with Crippen LogP contribution in [-0.4, -0.2) is 35.7 Å². The van der Waals surface area contributed by atoms with Crippen molar-refractivity contribution in [3.05, 3.63) is 29.8 Å². The third kappa shape index (κ3) is 3.50. The topological polar surface area (TPSA) is 21.7 Å². The second kappa shape index (κ2) is 6.91. The highest BCUT2D eigenvalue weighted by atomic mass is 16.5. The highest BCUT2D eigenvalue weighted by molar-refractivity contribution is 5.39. The molecule has 3 heterocycles. The zero-order valence-electron chi connectivity index (χ0n) is 16.4. The highest BCUT2D eigenvalue weighted by Crippen LogP contribution is 2.52. The van der Waals surface area contributed by atoms with Crippen molar-refractivity contribution in [2.24, 2.45) is 5.92 Å². The Morgan fingerprint density at radius 2 is 1.88 bits per heavy atom. The van der Waals surface area contributed by atoms with Gasteiger partial charge in [0.25, 0.3) is 0 Å². The van der Waals surface area contributed by atoms with Gasteiger partial charge in [0, 0.05) is 11.5 Å². The first kappa shape index (κ1) is 17.9. The number of fused-ring (bicyclic) bond motifs is 3. The molecule has 1 aromatic carbocycles. The van der Waals surface area contributed by atoms with Crippen molar-refractivity contribution >= 4 is 0 Å². The molecule has 1 aromatic rings. The van der Waals surface area contributed by atoms with Gasteiger partial charge in [-0.15, -0.1) is 0 Å². The quantitative estimate of drug-likeness (QED) is 0.690. The minimum Gasteiger partial charge on any atom is -0.487 e. The molecule has 140 valence electrons. The number of hydrogen-bond donors (Lipinski definition) is 0. The third-order valence-electron chi connectivity index (χ3n) is 6.28. The molecule has 0 aromatic heterocycles. The Morgan fingerprint density at radius 1 is 1.12 bits per heavy atom. The van der Waals surface area contributed by atoms with Gasteiger partial charge in [0.15, 0.2) is 0 Å². The molecule has 0 aliphatic carbocycles. The summed E-state index contributed by atoms with van der Waals surface area (Å²) in [5.74, 6) is 8.24. The Bertz CT molecular complexity index is 710. The van der Waals surface area contributed by atoms with Crippen LogP contribution in [0.4, 0.5) is 0 Å². The second-order valence-corrected chi connectivity index (χ2v) is 8.80. The number of nitrogens with zero attached hydrogens (tertiary/aromatic N) is 1. The fourth-order valence-corrected chi connectivity index (χ4v) is 4.71. The molecule has 0 radical (unpaired) electrons. The normalized spacial score (nSPS) is 33.2. The van der Waals surface area contributed by atoms with Crippen LogP contribution in [0.3, 0.4) is 0 Å². The van der Waals surface area contributed by atoms with Crippen LogP contribution >= 0.6 is 0 Å². The number of piperidine rings is 1. The minimum absolute atomic E-state index is 0.0676. The van der Waals surface area contributed by atoms with E-state index in [4.69, 9.17) is 9.47 Å². The molecule has 0 saturated carbocycles. The first-order valence-electron chi connectivity index (χ1n) is 10.2. The summed E-state index contributed by atoms with van der Waals surface area (Å²) in [5, 5.41) is 0. The lowest BCUT2D eigenvalue weighted by Gasteiger charge is -2.50. The van der Waals surface area contributed by atoms with Crippen LogP contribution in [0.15, 0.2) is 24.3 Å². The van der Waals surface area contributed by atoms with Gasteiger partial charge in [-0.1, -0.05) is 36.5 Å². The Morgan fingerprint density at radius 3 is 2.69 bits per heavy atom. The molecular weight excluding hydrogens is 322 g/mol. The van der Waals surface area contributed by atoms with E-state index in [1.165, 1.54) is 37.9 Å². The summed E-state index contributed by atoms with van der Waals surface area (Å²) in [6.45, 7) is 9.80. The maximum Gasteiger partial charge on any atom is 0.126 e. The summed E-state index contributed by atoms with van der Waals surface area (Å²) >= 11 is 0. The van der Waals surface area contributed by atoms with E-state index in [-0.39, 0.29) is 17.3 Å². The van der Waals surface area contributed by atoms with Crippen molar-refractivity contribution < 1.29 is 9.47 Å². The molecule has 3 heteroatoms. The number of ether oxygens (including phenoxy) is 2. The lowest BCUT2D eigenvalue weighted by molar-refractivity contribution is -0.169. The lowest BCUT2D eigenvalue weighted by atomic mass is 9.73. The summed E-state index contributed by atoms with van der Waals surface area (Å²) < 4.78 is 13.0. The van der Waals surface area contributed by atoms with Crippen LogP contribution in [0, 0.1) is 17.8 Å². The van der Waals surface area contributed by atoms with Crippen LogP contribution in [0.2, 0.25) is 0 Å². The van der Waals surface area contributed by atoms with Gasteiger partial charge in [0.05, 0.1) is 12.6 Å². The van der Waals surface area contributed by atoms with E-state index in [0.717, 1.165) is 25.1 Å². The summed E-state index contributed by atoms with van der Waals surface area (Å²) in [6.07, 6.45) is 6.11. The Kier molecular flexibility index (Phi) is 4.75. The minimum atomic E-state index is -0.364. The largest absolute Gasteiger partial charge is 0.487 e. The van der Waals surface area contributed by atoms with Crippen LogP contribution in [0.25, 0.3) is 0 Å². The van der Waals surface area contributed by atoms with E-state index in [2.05, 4.69) is 55.7 Å². The molecule has 3 nitrogen and oxygen atoms in total. The van der Waals surface area contributed by atoms with Crippen molar-refractivity contribution in [3.8, 4) is 17.6 Å². The fourth-order valence-electron chi connectivity index (χ4n) is 4.71. The van der Waals surface area contributed by atoms with Crippen molar-refractivity contribution in [1.82, 2.24) is 4.90 Å². The molecule has 3 atom stereocenters. The van der Waals surface area contributed by atoms with E-state index in [0.29, 0.717) is 5.92 Å². The smallest absolute Gasteiger partial charge is 0.126 e. The average molecular weight is 354 g/mol. The molecule has 0 N–H and O–H groups in total. The second-order valence-electron chi connectivity index (χ2n) is 8.80. The van der Waals surface area contributed by atoms with Gasteiger partial charge in [-0.2, -0.15) is 0 Å². The van der Waals surface area contributed by atoms with Crippen molar-refractivity contribution in [2.75, 3.05) is 19.6 Å². The van der Waals surface area contributed by atoms with Crippen LogP contribution in [-0.2, 0) is 4.74 Å². The first-order chi connectivity index (χ1) is 12.5. The lowest BCUT2D eigenvalue weighted by Crippen LogP contribution is -2.50. The predicted octanol–water partition coefficient (Wildman–Crippen LogP) is 4.57. The molecule has 0 amide bonds. The van der Waals surface area contributed by atoms with Gasteiger partial charge in [-0.25, -0.2) is 0 Å². The van der Waals surface area contributed by atoms with Gasteiger partial charge in [0.2, 0.25) is 0 Å². The number of hydrogen-bond acceptors (Lipinski definition) is 3. The van der Waals surface area contributed by atoms with Crippen molar-refractivity contribution in [3.63, 3.8) is 0 Å². The van der Waals surface area contributed by atoms with Crippen LogP contribution in [0.1, 0.15) is 64.5 Å². The molecule has 2 saturated heterocycles. The molecule has 2 fully saturated rings. The van der Waals surface area contributed by atoms with E-state index in [9.17, 15) is 0 Å². The summed E-state index contributed by atoms with van der Waals surface area (Å²) in [7, 11) is 0. The van der Waals surface area contributed by atoms with Gasteiger partial charge >= 0.3 is 0 Å². The van der Waals surface area contributed by atoms with Crippen molar-refractivity contribution in [2.45, 2.75) is 70.2 Å². The SMILES string of the molecule is CC1(C)Oc2ccccc2[C@@H]2O[C@@](C)(C#CCN3CCCCC3)CC[C@H]21. The van der Waals surface area contributed by atoms with E-state index in [1.807, 2.05) is 6.07 Å². The Labute approximate surface area is 158 Å².